The van der Waals surface area contributed by atoms with Crippen LogP contribution in [-0.2, 0) is 0 Å². The van der Waals surface area contributed by atoms with Gasteiger partial charge >= 0.3 is 0 Å². The van der Waals surface area contributed by atoms with Crippen LogP contribution in [0, 0.1) is 5.92 Å². The Labute approximate surface area is 168 Å². The molecule has 6 heteroatoms. The topological polar surface area (TPSA) is 60.6 Å². The van der Waals surface area contributed by atoms with Crippen LogP contribution in [-0.4, -0.2) is 33.7 Å². The summed E-state index contributed by atoms with van der Waals surface area (Å²) in [5, 5.41) is 7.46. The van der Waals surface area contributed by atoms with Gasteiger partial charge in [0.15, 0.2) is 5.69 Å². The van der Waals surface area contributed by atoms with Gasteiger partial charge in [0.25, 0.3) is 5.91 Å². The van der Waals surface area contributed by atoms with Crippen molar-refractivity contribution in [3.05, 3.63) is 72.7 Å². The van der Waals surface area contributed by atoms with E-state index in [1.54, 1.807) is 17.9 Å². The number of carbonyl (C=O) groups excluding carboxylic acids is 1. The Bertz CT molecular complexity index is 1190. The fraction of sp³-hybridized carbons (Fsp3) is 0.217. The molecule has 6 nitrogen and oxygen atoms in total. The summed E-state index contributed by atoms with van der Waals surface area (Å²) < 4.78 is 9.17. The zero-order valence-corrected chi connectivity index (χ0v) is 16.2. The number of ether oxygens (including phenoxy) is 1. The van der Waals surface area contributed by atoms with Gasteiger partial charge in [-0.3, -0.25) is 4.79 Å². The summed E-state index contributed by atoms with van der Waals surface area (Å²) >= 11 is 0. The highest BCUT2D eigenvalue weighted by molar-refractivity contribution is 5.92. The number of methoxy groups -OCH3 is 1. The normalized spacial score (nSPS) is 13.6. The fourth-order valence-corrected chi connectivity index (χ4v) is 3.47. The number of rotatable bonds is 6. The zero-order valence-electron chi connectivity index (χ0n) is 16.2. The molecule has 0 atom stereocenters. The van der Waals surface area contributed by atoms with Crippen molar-refractivity contribution in [3.8, 4) is 22.7 Å². The number of nitrogens with zero attached hydrogens (tertiary/aromatic N) is 3. The Balaban J connectivity index is 1.46. The van der Waals surface area contributed by atoms with Crippen molar-refractivity contribution in [2.45, 2.75) is 12.8 Å². The lowest BCUT2D eigenvalue weighted by atomic mass is 10.1. The van der Waals surface area contributed by atoms with E-state index in [-0.39, 0.29) is 5.91 Å². The van der Waals surface area contributed by atoms with Gasteiger partial charge in [-0.2, -0.15) is 5.10 Å². The summed E-state index contributed by atoms with van der Waals surface area (Å²) in [7, 11) is 1.67. The van der Waals surface area contributed by atoms with Crippen LogP contribution in [0.2, 0.25) is 0 Å². The molecule has 0 saturated heterocycles. The minimum absolute atomic E-state index is 0.117. The molecule has 3 aromatic heterocycles. The van der Waals surface area contributed by atoms with Gasteiger partial charge in [0.2, 0.25) is 0 Å². The van der Waals surface area contributed by atoms with Crippen molar-refractivity contribution in [1.82, 2.24) is 19.5 Å². The minimum atomic E-state index is -0.117. The number of nitrogens with one attached hydrogen (secondary N) is 1. The fourth-order valence-electron chi connectivity index (χ4n) is 3.47. The first-order chi connectivity index (χ1) is 14.2. The average molecular weight is 386 g/mol. The molecule has 1 aromatic carbocycles. The number of hydrogen-bond acceptors (Lipinski definition) is 3. The Morgan fingerprint density at radius 1 is 1.14 bits per heavy atom. The van der Waals surface area contributed by atoms with Crippen LogP contribution >= 0.6 is 0 Å². The molecule has 4 aromatic rings. The lowest BCUT2D eigenvalue weighted by Crippen LogP contribution is -2.26. The molecule has 0 radical (unpaired) electrons. The van der Waals surface area contributed by atoms with E-state index in [2.05, 4.69) is 39.2 Å². The quantitative estimate of drug-likeness (QED) is 0.546. The second kappa shape index (κ2) is 7.13. The standard InChI is InChI=1S/C23H22N4O2/c1-29-20-4-2-3-17(13-20)18-7-8-19-9-10-22(26(19)15-18)27-12-11-21(25-27)23(28)24-14-16-5-6-16/h2-4,7-13,15-16H,5-6,14H2,1H3,(H,24,28). The molecule has 1 N–H and O–H groups in total. The first-order valence-corrected chi connectivity index (χ1v) is 9.81. The van der Waals surface area contributed by atoms with Gasteiger partial charge in [0.05, 0.1) is 7.11 Å². The molecule has 5 rings (SSSR count). The Morgan fingerprint density at radius 2 is 2.00 bits per heavy atom. The Hall–Kier alpha value is -3.54. The van der Waals surface area contributed by atoms with E-state index >= 15 is 0 Å². The molecule has 0 spiro atoms. The maximum absolute atomic E-state index is 12.3. The first-order valence-electron chi connectivity index (χ1n) is 9.81. The SMILES string of the molecule is COc1cccc(-c2ccc3ccc(-n4ccc(C(=O)NCC5CC5)n4)n3c2)c1. The molecule has 29 heavy (non-hydrogen) atoms. The van der Waals surface area contributed by atoms with E-state index in [0.29, 0.717) is 11.6 Å². The summed E-state index contributed by atoms with van der Waals surface area (Å²) in [6, 6.07) is 18.0. The maximum Gasteiger partial charge on any atom is 0.271 e. The van der Waals surface area contributed by atoms with Crippen LogP contribution in [0.3, 0.4) is 0 Å². The molecule has 146 valence electrons. The molecule has 0 unspecified atom stereocenters. The highest BCUT2D eigenvalue weighted by atomic mass is 16.5. The number of pyridine rings is 1. The molecule has 1 aliphatic rings. The van der Waals surface area contributed by atoms with Gasteiger partial charge in [0.1, 0.15) is 11.6 Å². The lowest BCUT2D eigenvalue weighted by Gasteiger charge is -2.08. The monoisotopic (exact) mass is 386 g/mol. The smallest absolute Gasteiger partial charge is 0.271 e. The Kier molecular flexibility index (Phi) is 4.31. The van der Waals surface area contributed by atoms with E-state index < -0.39 is 0 Å². The molecule has 0 bridgehead atoms. The summed E-state index contributed by atoms with van der Waals surface area (Å²) in [6.45, 7) is 0.740. The highest BCUT2D eigenvalue weighted by Gasteiger charge is 2.22. The van der Waals surface area contributed by atoms with E-state index in [9.17, 15) is 4.79 Å². The number of fused-ring (bicyclic) bond motifs is 1. The first kappa shape index (κ1) is 17.6. The van der Waals surface area contributed by atoms with Crippen molar-refractivity contribution in [2.24, 2.45) is 5.92 Å². The molecule has 1 fully saturated rings. The van der Waals surface area contributed by atoms with Crippen molar-refractivity contribution in [2.75, 3.05) is 13.7 Å². The minimum Gasteiger partial charge on any atom is -0.497 e. The zero-order chi connectivity index (χ0) is 19.8. The van der Waals surface area contributed by atoms with Crippen molar-refractivity contribution < 1.29 is 9.53 Å². The number of carbonyl (C=O) groups is 1. The van der Waals surface area contributed by atoms with Crippen LogP contribution in [0.4, 0.5) is 0 Å². The third-order valence-electron chi connectivity index (χ3n) is 5.34. The number of amides is 1. The second-order valence-electron chi connectivity index (χ2n) is 7.44. The summed E-state index contributed by atoms with van der Waals surface area (Å²) in [4.78, 5) is 12.3. The predicted molar refractivity (Wildman–Crippen MR) is 112 cm³/mol. The van der Waals surface area contributed by atoms with Crippen LogP contribution in [0.15, 0.2) is 67.0 Å². The van der Waals surface area contributed by atoms with E-state index in [0.717, 1.165) is 34.8 Å². The number of hydrogen-bond donors (Lipinski definition) is 1. The predicted octanol–water partition coefficient (Wildman–Crippen LogP) is 3.94. The largest absolute Gasteiger partial charge is 0.497 e. The van der Waals surface area contributed by atoms with Gasteiger partial charge < -0.3 is 14.5 Å². The molecule has 0 aliphatic heterocycles. The van der Waals surface area contributed by atoms with E-state index in [1.807, 2.05) is 36.5 Å². The van der Waals surface area contributed by atoms with Crippen LogP contribution in [0.1, 0.15) is 23.3 Å². The second-order valence-corrected chi connectivity index (χ2v) is 7.44. The molecule has 3 heterocycles. The number of aromatic nitrogens is 3. The van der Waals surface area contributed by atoms with Crippen LogP contribution in [0.5, 0.6) is 5.75 Å². The highest BCUT2D eigenvalue weighted by Crippen LogP contribution is 2.28. The molecule has 1 aliphatic carbocycles. The molecule has 1 amide bonds. The van der Waals surface area contributed by atoms with Crippen LogP contribution in [0.25, 0.3) is 22.5 Å². The molecule has 1 saturated carbocycles. The van der Waals surface area contributed by atoms with Gasteiger partial charge in [0, 0.05) is 24.5 Å². The maximum atomic E-state index is 12.3. The van der Waals surface area contributed by atoms with Gasteiger partial charge in [-0.1, -0.05) is 18.2 Å². The van der Waals surface area contributed by atoms with Gasteiger partial charge in [-0.15, -0.1) is 0 Å². The Morgan fingerprint density at radius 3 is 2.83 bits per heavy atom. The third-order valence-corrected chi connectivity index (χ3v) is 5.34. The van der Waals surface area contributed by atoms with E-state index in [4.69, 9.17) is 4.74 Å². The molecular weight excluding hydrogens is 364 g/mol. The lowest BCUT2D eigenvalue weighted by molar-refractivity contribution is 0.0946. The van der Waals surface area contributed by atoms with Gasteiger partial charge in [-0.25, -0.2) is 4.68 Å². The van der Waals surface area contributed by atoms with Crippen molar-refractivity contribution in [1.29, 1.82) is 0 Å². The van der Waals surface area contributed by atoms with Crippen molar-refractivity contribution in [3.63, 3.8) is 0 Å². The van der Waals surface area contributed by atoms with Crippen molar-refractivity contribution >= 4 is 11.4 Å². The number of benzene rings is 1. The third kappa shape index (κ3) is 3.49. The van der Waals surface area contributed by atoms with Gasteiger partial charge in [-0.05, 0) is 66.3 Å². The summed E-state index contributed by atoms with van der Waals surface area (Å²) in [5.74, 6) is 2.23. The average Bonchev–Trinajstić information content (AvgIpc) is 3.29. The van der Waals surface area contributed by atoms with E-state index in [1.165, 1.54) is 12.8 Å². The molecular formula is C23H22N4O2. The summed E-state index contributed by atoms with van der Waals surface area (Å²) in [6.07, 6.45) is 6.32. The van der Waals surface area contributed by atoms with Crippen LogP contribution < -0.4 is 10.1 Å². The summed E-state index contributed by atoms with van der Waals surface area (Å²) in [5.41, 5.74) is 3.64.